The second kappa shape index (κ2) is 9.26. The minimum absolute atomic E-state index is 0.0805. The zero-order valence-electron chi connectivity index (χ0n) is 16.4. The van der Waals surface area contributed by atoms with Crippen molar-refractivity contribution in [2.24, 2.45) is 5.92 Å². The largest absolute Gasteiger partial charge is 0.494 e. The van der Waals surface area contributed by atoms with Gasteiger partial charge in [0, 0.05) is 24.5 Å². The number of benzene rings is 1. The number of carboxylic acid groups (broad SMARTS) is 1. The van der Waals surface area contributed by atoms with Crippen molar-refractivity contribution in [2.45, 2.75) is 40.7 Å². The Morgan fingerprint density at radius 1 is 1.19 bits per heavy atom. The van der Waals surface area contributed by atoms with Crippen LogP contribution in [0.25, 0.3) is 0 Å². The molecule has 1 heterocycles. The Balaban J connectivity index is 2.02. The fourth-order valence-corrected chi connectivity index (χ4v) is 3.25. The van der Waals surface area contributed by atoms with E-state index < -0.39 is 11.9 Å². The van der Waals surface area contributed by atoms with Crippen LogP contribution in [-0.4, -0.2) is 34.7 Å². The van der Waals surface area contributed by atoms with Crippen LogP contribution in [0.3, 0.4) is 0 Å². The van der Waals surface area contributed by atoms with E-state index in [0.29, 0.717) is 18.6 Å². The van der Waals surface area contributed by atoms with Crippen molar-refractivity contribution < 1.29 is 19.4 Å². The topological polar surface area (TPSA) is 80.6 Å². The van der Waals surface area contributed by atoms with E-state index in [1.165, 1.54) is 0 Å². The molecule has 0 aliphatic carbocycles. The van der Waals surface area contributed by atoms with E-state index in [9.17, 15) is 14.7 Å². The average molecular weight is 372 g/mol. The molecule has 0 bridgehead atoms. The number of hydrogen-bond donors (Lipinski definition) is 2. The molecule has 1 atom stereocenters. The lowest BCUT2D eigenvalue weighted by molar-refractivity contribution is -0.141. The number of carbonyl (C=O) groups excluding carboxylic acids is 1. The molecule has 2 N–H and O–H groups in total. The summed E-state index contributed by atoms with van der Waals surface area (Å²) >= 11 is 0. The smallest absolute Gasteiger partial charge is 0.308 e. The van der Waals surface area contributed by atoms with Crippen LogP contribution >= 0.6 is 0 Å². The Bertz CT molecular complexity index is 793. The van der Waals surface area contributed by atoms with Gasteiger partial charge in [0.1, 0.15) is 5.75 Å². The summed E-state index contributed by atoms with van der Waals surface area (Å²) in [5, 5.41) is 12.3. The Labute approximate surface area is 160 Å². The first-order valence-electron chi connectivity index (χ1n) is 9.26. The molecule has 0 radical (unpaired) electrons. The number of amides is 1. The lowest BCUT2D eigenvalue weighted by Gasteiger charge is -2.14. The third kappa shape index (κ3) is 5.12. The average Bonchev–Trinajstić information content (AvgIpc) is 2.93. The van der Waals surface area contributed by atoms with Crippen molar-refractivity contribution >= 4 is 11.9 Å². The van der Waals surface area contributed by atoms with E-state index in [-0.39, 0.29) is 12.5 Å². The zero-order valence-corrected chi connectivity index (χ0v) is 16.4. The molecule has 1 aromatic carbocycles. The van der Waals surface area contributed by atoms with E-state index in [4.69, 9.17) is 4.74 Å². The van der Waals surface area contributed by atoms with Crippen molar-refractivity contribution in [1.82, 2.24) is 9.88 Å². The number of aliphatic carboxylic acids is 1. The van der Waals surface area contributed by atoms with Gasteiger partial charge in [0.15, 0.2) is 0 Å². The third-order valence-electron chi connectivity index (χ3n) is 4.71. The minimum atomic E-state index is -0.928. The zero-order chi connectivity index (χ0) is 20.0. The first-order chi connectivity index (χ1) is 12.9. The van der Waals surface area contributed by atoms with E-state index in [2.05, 4.69) is 9.88 Å². The van der Waals surface area contributed by atoms with Crippen LogP contribution in [0.2, 0.25) is 0 Å². The highest BCUT2D eigenvalue weighted by Gasteiger charge is 2.21. The molecule has 0 aliphatic rings. The van der Waals surface area contributed by atoms with Crippen LogP contribution in [0.5, 0.6) is 5.75 Å². The van der Waals surface area contributed by atoms with Crippen molar-refractivity contribution in [3.63, 3.8) is 0 Å². The molecule has 146 valence electrons. The second-order valence-corrected chi connectivity index (χ2v) is 6.56. The molecule has 6 nitrogen and oxygen atoms in total. The summed E-state index contributed by atoms with van der Waals surface area (Å²) in [6, 6.07) is 9.22. The molecular weight excluding hydrogens is 344 g/mol. The van der Waals surface area contributed by atoms with Crippen LogP contribution in [0.4, 0.5) is 0 Å². The predicted octanol–water partition coefficient (Wildman–Crippen LogP) is 3.20. The molecule has 2 aromatic rings. The summed E-state index contributed by atoms with van der Waals surface area (Å²) in [6.45, 7) is 9.26. The van der Waals surface area contributed by atoms with Crippen LogP contribution in [0.1, 0.15) is 41.2 Å². The molecule has 2 rings (SSSR count). The third-order valence-corrected chi connectivity index (χ3v) is 4.71. The van der Waals surface area contributed by atoms with Crippen molar-refractivity contribution in [3.05, 3.63) is 52.8 Å². The summed E-state index contributed by atoms with van der Waals surface area (Å²) in [6.07, 6.45) is 0.343. The summed E-state index contributed by atoms with van der Waals surface area (Å²) in [4.78, 5) is 24.1. The number of nitrogens with one attached hydrogen (secondary N) is 1. The highest BCUT2D eigenvalue weighted by molar-refractivity contribution is 5.95. The Hall–Kier alpha value is -2.76. The molecule has 27 heavy (non-hydrogen) atoms. The number of ether oxygens (including phenoxy) is 1. The number of carbonyl (C=O) groups is 2. The molecule has 0 saturated carbocycles. The van der Waals surface area contributed by atoms with E-state index >= 15 is 0 Å². The van der Waals surface area contributed by atoms with Gasteiger partial charge in [-0.15, -0.1) is 0 Å². The predicted molar refractivity (Wildman–Crippen MR) is 104 cm³/mol. The monoisotopic (exact) mass is 372 g/mol. The van der Waals surface area contributed by atoms with E-state index in [1.807, 2.05) is 58.0 Å². The van der Waals surface area contributed by atoms with Gasteiger partial charge in [-0.1, -0.05) is 12.1 Å². The summed E-state index contributed by atoms with van der Waals surface area (Å²) in [5.41, 5.74) is 3.40. The maximum absolute atomic E-state index is 12.5. The lowest BCUT2D eigenvalue weighted by atomic mass is 9.99. The molecule has 0 fully saturated rings. The van der Waals surface area contributed by atoms with Crippen molar-refractivity contribution in [3.8, 4) is 5.75 Å². The summed E-state index contributed by atoms with van der Waals surface area (Å²) < 4.78 is 7.46. The highest BCUT2D eigenvalue weighted by Crippen LogP contribution is 2.17. The molecule has 0 aliphatic heterocycles. The standard InChI is InChI=1S/C21H28N2O4/c1-5-23-14(3)11-19(15(23)4)20(24)22-13-17(21(25)26)12-16-7-9-18(10-8-16)27-6-2/h7-11,17H,5-6,12-13H2,1-4H3,(H,22,24)(H,25,26). The van der Waals surface area contributed by atoms with Gasteiger partial charge in [0.05, 0.1) is 18.1 Å². The van der Waals surface area contributed by atoms with Crippen molar-refractivity contribution in [2.75, 3.05) is 13.2 Å². The van der Waals surface area contributed by atoms with Gasteiger partial charge in [-0.25, -0.2) is 0 Å². The van der Waals surface area contributed by atoms with Crippen LogP contribution in [0.15, 0.2) is 30.3 Å². The SMILES string of the molecule is CCOc1ccc(CC(CNC(=O)c2cc(C)n(CC)c2C)C(=O)O)cc1. The van der Waals surface area contributed by atoms with E-state index in [0.717, 1.165) is 29.2 Å². The van der Waals surface area contributed by atoms with Gasteiger partial charge in [-0.3, -0.25) is 9.59 Å². The number of nitrogens with zero attached hydrogens (tertiary/aromatic N) is 1. The first-order valence-corrected chi connectivity index (χ1v) is 9.26. The molecule has 1 unspecified atom stereocenters. The Morgan fingerprint density at radius 3 is 2.37 bits per heavy atom. The van der Waals surface area contributed by atoms with Gasteiger partial charge in [-0.05, 0) is 57.9 Å². The number of rotatable bonds is 9. The van der Waals surface area contributed by atoms with Gasteiger partial charge in [0.2, 0.25) is 0 Å². The number of aryl methyl sites for hydroxylation is 1. The van der Waals surface area contributed by atoms with Gasteiger partial charge in [0.25, 0.3) is 5.91 Å². The first kappa shape index (κ1) is 20.6. The Kier molecular flexibility index (Phi) is 7.05. The summed E-state index contributed by atoms with van der Waals surface area (Å²) in [7, 11) is 0. The molecule has 6 heteroatoms. The van der Waals surface area contributed by atoms with Gasteiger partial charge >= 0.3 is 5.97 Å². The molecule has 1 amide bonds. The second-order valence-electron chi connectivity index (χ2n) is 6.56. The molecular formula is C21H28N2O4. The number of hydrogen-bond acceptors (Lipinski definition) is 3. The maximum Gasteiger partial charge on any atom is 0.308 e. The lowest BCUT2D eigenvalue weighted by Crippen LogP contribution is -2.34. The quantitative estimate of drug-likeness (QED) is 0.708. The van der Waals surface area contributed by atoms with Crippen LogP contribution in [0, 0.1) is 19.8 Å². The fraction of sp³-hybridized carbons (Fsp3) is 0.429. The minimum Gasteiger partial charge on any atom is -0.494 e. The molecule has 0 spiro atoms. The maximum atomic E-state index is 12.5. The van der Waals surface area contributed by atoms with Gasteiger partial charge in [-0.2, -0.15) is 0 Å². The molecule has 1 aromatic heterocycles. The Morgan fingerprint density at radius 2 is 1.85 bits per heavy atom. The normalized spacial score (nSPS) is 11.9. The number of carboxylic acids is 1. The fourth-order valence-electron chi connectivity index (χ4n) is 3.25. The van der Waals surface area contributed by atoms with Gasteiger partial charge < -0.3 is 19.7 Å². The van der Waals surface area contributed by atoms with E-state index in [1.54, 1.807) is 0 Å². The number of aromatic nitrogens is 1. The highest BCUT2D eigenvalue weighted by atomic mass is 16.5. The van der Waals surface area contributed by atoms with Crippen molar-refractivity contribution in [1.29, 1.82) is 0 Å². The molecule has 0 saturated heterocycles. The van der Waals surface area contributed by atoms with Crippen LogP contribution < -0.4 is 10.1 Å². The summed E-state index contributed by atoms with van der Waals surface area (Å²) in [5.74, 6) is -1.10. The van der Waals surface area contributed by atoms with Crippen LogP contribution in [-0.2, 0) is 17.8 Å².